The highest BCUT2D eigenvalue weighted by molar-refractivity contribution is 7.48. The van der Waals surface area contributed by atoms with E-state index in [1.54, 1.807) is 24.3 Å². The van der Waals surface area contributed by atoms with E-state index in [-0.39, 0.29) is 19.8 Å². The molecule has 0 radical (unpaired) electrons. The minimum Gasteiger partial charge on any atom is -0.379 e. The molecule has 0 spiro atoms. The molecule has 1 rings (SSSR count). The number of ether oxygens (including phenoxy) is 3. The summed E-state index contributed by atoms with van der Waals surface area (Å²) in [5, 5.41) is 0. The minimum atomic E-state index is -3.88. The quantitative estimate of drug-likeness (QED) is 0.0828. The second kappa shape index (κ2) is 20.6. The average Bonchev–Trinajstić information content (AvgIpc) is 2.81. The zero-order chi connectivity index (χ0) is 23.2. The molecule has 0 bridgehead atoms. The maximum atomic E-state index is 12.9. The van der Waals surface area contributed by atoms with Gasteiger partial charge in [0.25, 0.3) is 0 Å². The molecular weight excluding hydrogens is 435 g/mol. The summed E-state index contributed by atoms with van der Waals surface area (Å²) in [6.45, 7) is 7.32. The Hall–Kier alpha value is -0.990. The van der Waals surface area contributed by atoms with E-state index in [9.17, 15) is 4.57 Å². The Bertz CT molecular complexity index is 572. The van der Waals surface area contributed by atoms with E-state index < -0.39 is 7.82 Å². The summed E-state index contributed by atoms with van der Waals surface area (Å²) >= 11 is 0. The van der Waals surface area contributed by atoms with Gasteiger partial charge in [0, 0.05) is 6.61 Å². The number of phosphoric ester groups is 1. The number of phosphoric acid groups is 1. The standard InChI is InChI=1S/C23H41O8P/c1-3-5-6-7-8-9-13-16-28-32(24,31-30-23-14-11-10-12-15-23)29-22-21-27-20-19-26-18-17-25-4-2/h10-12,14-15H,3-9,13,16-22H2,1-2H3. The third-order valence-corrected chi connectivity index (χ3v) is 5.65. The third kappa shape index (κ3) is 16.6. The summed E-state index contributed by atoms with van der Waals surface area (Å²) in [4.78, 5) is 5.15. The smallest absolute Gasteiger partial charge is 0.379 e. The molecule has 0 saturated heterocycles. The minimum absolute atomic E-state index is 0.0470. The van der Waals surface area contributed by atoms with Crippen LogP contribution in [0.15, 0.2) is 30.3 Å². The van der Waals surface area contributed by atoms with Gasteiger partial charge in [0.05, 0.1) is 46.2 Å². The maximum absolute atomic E-state index is 12.9. The van der Waals surface area contributed by atoms with E-state index in [2.05, 4.69) is 6.92 Å². The van der Waals surface area contributed by atoms with Crippen molar-refractivity contribution in [3.8, 4) is 5.75 Å². The van der Waals surface area contributed by atoms with Crippen LogP contribution in [0.5, 0.6) is 5.75 Å². The Morgan fingerprint density at radius 2 is 1.22 bits per heavy atom. The van der Waals surface area contributed by atoms with Crippen LogP contribution in [0.3, 0.4) is 0 Å². The van der Waals surface area contributed by atoms with E-state index in [4.69, 9.17) is 32.8 Å². The normalized spacial score (nSPS) is 13.2. The van der Waals surface area contributed by atoms with Crippen molar-refractivity contribution in [3.05, 3.63) is 30.3 Å². The van der Waals surface area contributed by atoms with Gasteiger partial charge in [-0.25, -0.2) is 4.57 Å². The molecule has 0 aromatic heterocycles. The van der Waals surface area contributed by atoms with Gasteiger partial charge < -0.3 is 19.1 Å². The predicted octanol–water partition coefficient (Wildman–Crippen LogP) is 5.96. The fourth-order valence-electron chi connectivity index (χ4n) is 2.67. The largest absolute Gasteiger partial charge is 0.511 e. The fourth-order valence-corrected chi connectivity index (χ4v) is 3.66. The van der Waals surface area contributed by atoms with E-state index in [1.165, 1.54) is 25.7 Å². The predicted molar refractivity (Wildman–Crippen MR) is 124 cm³/mol. The van der Waals surface area contributed by atoms with Crippen molar-refractivity contribution in [3.63, 3.8) is 0 Å². The number of rotatable bonds is 23. The monoisotopic (exact) mass is 476 g/mol. The number of unbranched alkanes of at least 4 members (excludes halogenated alkanes) is 6. The van der Waals surface area contributed by atoms with E-state index in [0.29, 0.717) is 38.8 Å². The van der Waals surface area contributed by atoms with Crippen LogP contribution < -0.4 is 4.89 Å². The van der Waals surface area contributed by atoms with Crippen LogP contribution in [0.2, 0.25) is 0 Å². The molecule has 9 heteroatoms. The van der Waals surface area contributed by atoms with Gasteiger partial charge in [-0.15, -0.1) is 0 Å². The molecule has 0 N–H and O–H groups in total. The van der Waals surface area contributed by atoms with Crippen LogP contribution in [0.4, 0.5) is 0 Å². The van der Waals surface area contributed by atoms with Crippen molar-refractivity contribution in [1.82, 2.24) is 0 Å². The number of benzene rings is 1. The first-order valence-electron chi connectivity index (χ1n) is 11.7. The van der Waals surface area contributed by atoms with Crippen LogP contribution in [0.1, 0.15) is 58.8 Å². The van der Waals surface area contributed by atoms with E-state index in [1.807, 2.05) is 13.0 Å². The average molecular weight is 477 g/mol. The lowest BCUT2D eigenvalue weighted by Gasteiger charge is -2.17. The zero-order valence-corrected chi connectivity index (χ0v) is 20.6. The highest BCUT2D eigenvalue weighted by Gasteiger charge is 2.29. The second-order valence-electron chi connectivity index (χ2n) is 7.13. The summed E-state index contributed by atoms with van der Waals surface area (Å²) in [6.07, 6.45) is 7.89. The molecule has 1 aromatic carbocycles. The molecule has 1 atom stereocenters. The second-order valence-corrected chi connectivity index (χ2v) is 8.69. The molecule has 0 aliphatic rings. The van der Waals surface area contributed by atoms with Gasteiger partial charge in [-0.2, -0.15) is 0 Å². The van der Waals surface area contributed by atoms with Crippen LogP contribution in [-0.2, 0) is 32.5 Å². The first-order chi connectivity index (χ1) is 15.7. The van der Waals surface area contributed by atoms with E-state index >= 15 is 0 Å². The summed E-state index contributed by atoms with van der Waals surface area (Å²) < 4.78 is 44.8. The van der Waals surface area contributed by atoms with Crippen molar-refractivity contribution in [2.75, 3.05) is 52.9 Å². The molecule has 0 aliphatic carbocycles. The van der Waals surface area contributed by atoms with Crippen molar-refractivity contribution in [2.24, 2.45) is 0 Å². The molecule has 0 aliphatic heterocycles. The van der Waals surface area contributed by atoms with Crippen molar-refractivity contribution in [1.29, 1.82) is 0 Å². The Kier molecular flexibility index (Phi) is 18.7. The number of para-hydroxylation sites is 1. The molecule has 0 amide bonds. The van der Waals surface area contributed by atoms with Gasteiger partial charge >= 0.3 is 7.82 Å². The van der Waals surface area contributed by atoms with Crippen molar-refractivity contribution < 1.29 is 37.4 Å². The lowest BCUT2D eigenvalue weighted by atomic mass is 10.1. The van der Waals surface area contributed by atoms with Crippen LogP contribution in [0.25, 0.3) is 0 Å². The molecule has 1 aromatic rings. The van der Waals surface area contributed by atoms with Crippen molar-refractivity contribution in [2.45, 2.75) is 58.8 Å². The van der Waals surface area contributed by atoms with Gasteiger partial charge in [-0.05, 0) is 25.5 Å². The Balaban J connectivity index is 2.26. The molecule has 0 saturated carbocycles. The first kappa shape index (κ1) is 29.0. The lowest BCUT2D eigenvalue weighted by molar-refractivity contribution is -0.134. The summed E-state index contributed by atoms with van der Waals surface area (Å²) in [7, 11) is -3.88. The van der Waals surface area contributed by atoms with Gasteiger partial charge in [0.1, 0.15) is 0 Å². The molecule has 1 unspecified atom stereocenters. The Morgan fingerprint density at radius 1 is 0.656 bits per heavy atom. The molecule has 8 nitrogen and oxygen atoms in total. The molecule has 0 heterocycles. The van der Waals surface area contributed by atoms with E-state index in [0.717, 1.165) is 19.3 Å². The molecule has 0 fully saturated rings. The van der Waals surface area contributed by atoms with Gasteiger partial charge in [0.15, 0.2) is 5.75 Å². The number of hydrogen-bond donors (Lipinski definition) is 0. The van der Waals surface area contributed by atoms with Crippen LogP contribution in [-0.4, -0.2) is 52.9 Å². The zero-order valence-electron chi connectivity index (χ0n) is 19.7. The third-order valence-electron chi connectivity index (χ3n) is 4.39. The van der Waals surface area contributed by atoms with Crippen LogP contribution in [0, 0.1) is 0 Å². The molecule has 32 heavy (non-hydrogen) atoms. The summed E-state index contributed by atoms with van der Waals surface area (Å²) in [5.74, 6) is 0.413. The van der Waals surface area contributed by atoms with Crippen molar-refractivity contribution >= 4 is 7.82 Å². The topological polar surface area (TPSA) is 81.7 Å². The highest BCUT2D eigenvalue weighted by Crippen LogP contribution is 2.49. The molecular formula is C23H41O8P. The Labute approximate surface area is 193 Å². The van der Waals surface area contributed by atoms with Crippen LogP contribution >= 0.6 is 7.82 Å². The van der Waals surface area contributed by atoms with Gasteiger partial charge in [-0.3, -0.25) is 9.05 Å². The summed E-state index contributed by atoms with van der Waals surface area (Å²) in [6, 6.07) is 8.80. The SMILES string of the molecule is CCCCCCCCCOP(=O)(OCCOCCOCCOCC)OOc1ccccc1. The van der Waals surface area contributed by atoms with Gasteiger partial charge in [0.2, 0.25) is 0 Å². The highest BCUT2D eigenvalue weighted by atomic mass is 31.2. The maximum Gasteiger partial charge on any atom is 0.511 e. The first-order valence-corrected chi connectivity index (χ1v) is 13.2. The lowest BCUT2D eigenvalue weighted by Crippen LogP contribution is -2.12. The van der Waals surface area contributed by atoms with Gasteiger partial charge in [-0.1, -0.05) is 68.3 Å². The summed E-state index contributed by atoms with van der Waals surface area (Å²) in [5.41, 5.74) is 0. The molecule has 186 valence electrons. The number of hydrogen-bond acceptors (Lipinski definition) is 8. The fraction of sp³-hybridized carbons (Fsp3) is 0.739. The Morgan fingerprint density at radius 3 is 1.88 bits per heavy atom.